The molecule has 7 nitrogen and oxygen atoms in total. The molecule has 1 amide bonds. The van der Waals surface area contributed by atoms with Gasteiger partial charge in [0.05, 0.1) is 29.7 Å². The van der Waals surface area contributed by atoms with E-state index in [1.54, 1.807) is 0 Å². The van der Waals surface area contributed by atoms with Crippen molar-refractivity contribution in [1.82, 2.24) is 19.6 Å². The lowest BCUT2D eigenvalue weighted by molar-refractivity contribution is -0.117. The summed E-state index contributed by atoms with van der Waals surface area (Å²) in [6.07, 6.45) is 3.35. The van der Waals surface area contributed by atoms with Crippen molar-refractivity contribution in [3.05, 3.63) is 11.4 Å². The number of nitrogens with zero attached hydrogens (tertiary/aromatic N) is 4. The number of amides is 1. The summed E-state index contributed by atoms with van der Waals surface area (Å²) >= 11 is 0. The highest BCUT2D eigenvalue weighted by atomic mass is 16.3. The number of carbonyl (C=O) groups excluding carboxylic acids is 1. The highest BCUT2D eigenvalue weighted by Gasteiger charge is 2.36. The van der Waals surface area contributed by atoms with Crippen LogP contribution in [0.25, 0.3) is 0 Å². The molecule has 2 saturated heterocycles. The van der Waals surface area contributed by atoms with E-state index < -0.39 is 0 Å². The molecule has 0 saturated carbocycles. The number of piperidine rings is 1. The molecule has 1 aromatic heterocycles. The normalized spacial score (nSPS) is 25.4. The number of β-amino-alcohol motifs (C(OH)–C–C–N with tert-alkyl or cyclic N) is 1. The lowest BCUT2D eigenvalue weighted by Gasteiger charge is -2.33. The van der Waals surface area contributed by atoms with Crippen molar-refractivity contribution < 1.29 is 9.90 Å². The molecule has 2 N–H and O–H groups in total. The van der Waals surface area contributed by atoms with Crippen LogP contribution in [0, 0.1) is 13.8 Å². The Morgan fingerprint density at radius 1 is 1.24 bits per heavy atom. The fourth-order valence-electron chi connectivity index (χ4n) is 4.15. The lowest BCUT2D eigenvalue weighted by Crippen LogP contribution is -2.46. The first-order valence-electron chi connectivity index (χ1n) is 9.48. The van der Waals surface area contributed by atoms with Crippen LogP contribution in [-0.2, 0) is 11.3 Å². The average molecular weight is 349 g/mol. The molecule has 2 atom stereocenters. The van der Waals surface area contributed by atoms with Crippen molar-refractivity contribution in [3.63, 3.8) is 0 Å². The lowest BCUT2D eigenvalue weighted by atomic mass is 10.1. The van der Waals surface area contributed by atoms with Crippen molar-refractivity contribution in [1.29, 1.82) is 0 Å². The molecular weight excluding hydrogens is 318 g/mol. The van der Waals surface area contributed by atoms with Crippen LogP contribution in [0.3, 0.4) is 0 Å². The molecule has 7 heteroatoms. The van der Waals surface area contributed by atoms with E-state index in [0.29, 0.717) is 13.1 Å². The van der Waals surface area contributed by atoms with E-state index in [2.05, 4.69) is 20.2 Å². The summed E-state index contributed by atoms with van der Waals surface area (Å²) in [6.45, 7) is 10.5. The van der Waals surface area contributed by atoms with Crippen LogP contribution in [-0.4, -0.2) is 75.5 Å². The number of hydrogen-bond donors (Lipinski definition) is 2. The fourth-order valence-corrected chi connectivity index (χ4v) is 4.15. The van der Waals surface area contributed by atoms with Crippen molar-refractivity contribution in [2.24, 2.45) is 0 Å². The Bertz CT molecular complexity index is 609. The third kappa shape index (κ3) is 4.04. The van der Waals surface area contributed by atoms with E-state index in [-0.39, 0.29) is 18.1 Å². The van der Waals surface area contributed by atoms with Crippen LogP contribution < -0.4 is 5.32 Å². The van der Waals surface area contributed by atoms with Gasteiger partial charge in [-0.05, 0) is 46.7 Å². The summed E-state index contributed by atoms with van der Waals surface area (Å²) in [6, 6.07) is 0.166. The molecule has 3 heterocycles. The number of carbonyl (C=O) groups is 1. The van der Waals surface area contributed by atoms with Gasteiger partial charge in [0.15, 0.2) is 0 Å². The Balaban J connectivity index is 1.56. The molecule has 0 spiro atoms. The Labute approximate surface area is 150 Å². The molecule has 0 unspecified atom stereocenters. The van der Waals surface area contributed by atoms with Crippen LogP contribution >= 0.6 is 0 Å². The summed E-state index contributed by atoms with van der Waals surface area (Å²) in [4.78, 5) is 16.9. The van der Waals surface area contributed by atoms with Crippen molar-refractivity contribution in [3.8, 4) is 0 Å². The zero-order valence-electron chi connectivity index (χ0n) is 15.7. The minimum absolute atomic E-state index is 0.0339. The largest absolute Gasteiger partial charge is 0.390 e. The van der Waals surface area contributed by atoms with E-state index in [0.717, 1.165) is 43.3 Å². The van der Waals surface area contributed by atoms with Gasteiger partial charge in [-0.3, -0.25) is 19.3 Å². The highest BCUT2D eigenvalue weighted by molar-refractivity contribution is 5.93. The van der Waals surface area contributed by atoms with Crippen LogP contribution in [0.15, 0.2) is 0 Å². The third-order valence-corrected chi connectivity index (χ3v) is 5.51. The summed E-state index contributed by atoms with van der Waals surface area (Å²) < 4.78 is 1.90. The van der Waals surface area contributed by atoms with Crippen molar-refractivity contribution in [2.75, 3.05) is 38.0 Å². The number of hydrogen-bond acceptors (Lipinski definition) is 5. The van der Waals surface area contributed by atoms with E-state index >= 15 is 0 Å². The van der Waals surface area contributed by atoms with Gasteiger partial charge in [-0.2, -0.15) is 5.10 Å². The monoisotopic (exact) mass is 349 g/mol. The van der Waals surface area contributed by atoms with E-state index in [9.17, 15) is 9.90 Å². The minimum atomic E-state index is -0.364. The SMILES string of the molecule is CCn1nc(C)c(NC(=O)CN2C[C@H](O)[C@@H](N3CCCCC3)C2)c1C. The molecule has 140 valence electrons. The quantitative estimate of drug-likeness (QED) is 0.829. The maximum atomic E-state index is 12.5. The molecule has 0 aromatic carbocycles. The maximum absolute atomic E-state index is 12.5. The molecule has 2 aliphatic heterocycles. The molecule has 1 aromatic rings. The number of aryl methyl sites for hydroxylation is 2. The molecule has 0 bridgehead atoms. The smallest absolute Gasteiger partial charge is 0.238 e. The van der Waals surface area contributed by atoms with E-state index in [1.165, 1.54) is 19.3 Å². The second-order valence-corrected chi connectivity index (χ2v) is 7.34. The van der Waals surface area contributed by atoms with Crippen LogP contribution in [0.2, 0.25) is 0 Å². The van der Waals surface area contributed by atoms with Crippen molar-refractivity contribution >= 4 is 11.6 Å². The van der Waals surface area contributed by atoms with Crippen LogP contribution in [0.1, 0.15) is 37.6 Å². The Morgan fingerprint density at radius 3 is 2.60 bits per heavy atom. The van der Waals surface area contributed by atoms with Gasteiger partial charge >= 0.3 is 0 Å². The topological polar surface area (TPSA) is 73.6 Å². The zero-order chi connectivity index (χ0) is 18.0. The number of anilines is 1. The summed E-state index contributed by atoms with van der Waals surface area (Å²) in [5, 5.41) is 17.9. The highest BCUT2D eigenvalue weighted by Crippen LogP contribution is 2.22. The van der Waals surface area contributed by atoms with Gasteiger partial charge in [-0.25, -0.2) is 0 Å². The first-order valence-corrected chi connectivity index (χ1v) is 9.48. The Kier molecular flexibility index (Phi) is 5.76. The van der Waals surface area contributed by atoms with Gasteiger partial charge in [0.1, 0.15) is 0 Å². The second kappa shape index (κ2) is 7.85. The molecule has 2 fully saturated rings. The van der Waals surface area contributed by atoms with Crippen LogP contribution in [0.5, 0.6) is 0 Å². The molecule has 2 aliphatic rings. The predicted molar refractivity (Wildman–Crippen MR) is 97.7 cm³/mol. The maximum Gasteiger partial charge on any atom is 0.238 e. The van der Waals surface area contributed by atoms with Gasteiger partial charge in [0, 0.05) is 25.7 Å². The number of aliphatic hydroxyl groups is 1. The Hall–Kier alpha value is -1.44. The number of aromatic nitrogens is 2. The first kappa shape index (κ1) is 18.4. The summed E-state index contributed by atoms with van der Waals surface area (Å²) in [5.41, 5.74) is 2.65. The molecule has 0 aliphatic carbocycles. The van der Waals surface area contributed by atoms with Gasteiger partial charge < -0.3 is 10.4 Å². The van der Waals surface area contributed by atoms with E-state index in [4.69, 9.17) is 0 Å². The number of rotatable bonds is 5. The van der Waals surface area contributed by atoms with Crippen LogP contribution in [0.4, 0.5) is 5.69 Å². The summed E-state index contributed by atoms with van der Waals surface area (Å²) in [5.74, 6) is -0.0339. The summed E-state index contributed by atoms with van der Waals surface area (Å²) in [7, 11) is 0. The van der Waals surface area contributed by atoms with E-state index in [1.807, 2.05) is 25.5 Å². The first-order chi connectivity index (χ1) is 12.0. The predicted octanol–water partition coefficient (Wildman–Crippen LogP) is 0.989. The standard InChI is InChI=1S/C18H31N5O2/c1-4-23-14(3)18(13(2)20-23)19-17(25)12-21-10-15(16(24)11-21)22-8-6-5-7-9-22/h15-16,24H,4-12H2,1-3H3,(H,19,25)/t15-,16-/m0/s1. The molecule has 25 heavy (non-hydrogen) atoms. The Morgan fingerprint density at radius 2 is 1.96 bits per heavy atom. The average Bonchev–Trinajstić information content (AvgIpc) is 3.09. The van der Waals surface area contributed by atoms with Crippen molar-refractivity contribution in [2.45, 2.75) is 58.7 Å². The second-order valence-electron chi connectivity index (χ2n) is 7.34. The minimum Gasteiger partial charge on any atom is -0.390 e. The third-order valence-electron chi connectivity index (χ3n) is 5.51. The zero-order valence-corrected chi connectivity index (χ0v) is 15.7. The molecule has 0 radical (unpaired) electrons. The number of likely N-dealkylation sites (tertiary alicyclic amines) is 2. The van der Waals surface area contributed by atoms with Gasteiger partial charge in [0.2, 0.25) is 5.91 Å². The fraction of sp³-hybridized carbons (Fsp3) is 0.778. The van der Waals surface area contributed by atoms with Gasteiger partial charge in [0.25, 0.3) is 0 Å². The molecule has 3 rings (SSSR count). The van der Waals surface area contributed by atoms with Gasteiger partial charge in [-0.1, -0.05) is 6.42 Å². The van der Waals surface area contributed by atoms with Gasteiger partial charge in [-0.15, -0.1) is 0 Å². The number of aliphatic hydroxyl groups excluding tert-OH is 1. The molecular formula is C18H31N5O2. The number of nitrogens with one attached hydrogen (secondary N) is 1.